The molecule has 7 heteroatoms. The number of pyridine rings is 1. The molecule has 0 saturated heterocycles. The van der Waals surface area contributed by atoms with Crippen LogP contribution in [0.25, 0.3) is 10.6 Å². The van der Waals surface area contributed by atoms with Crippen molar-refractivity contribution in [3.8, 4) is 16.3 Å². The fourth-order valence-corrected chi connectivity index (χ4v) is 2.64. The third-order valence-electron chi connectivity index (χ3n) is 2.94. The molecule has 6 nitrogen and oxygen atoms in total. The zero-order chi connectivity index (χ0) is 16.1. The number of anilines is 1. The van der Waals surface area contributed by atoms with E-state index in [1.807, 2.05) is 43.3 Å². The quantitative estimate of drug-likeness (QED) is 0.780. The van der Waals surface area contributed by atoms with Crippen LogP contribution in [0.4, 0.5) is 5.13 Å². The Morgan fingerprint density at radius 1 is 1.26 bits per heavy atom. The second-order valence-corrected chi connectivity index (χ2v) is 5.78. The van der Waals surface area contributed by atoms with E-state index in [-0.39, 0.29) is 12.5 Å². The Bertz CT molecular complexity index is 805. The van der Waals surface area contributed by atoms with Crippen LogP contribution in [0.15, 0.2) is 48.8 Å². The Kier molecular flexibility index (Phi) is 4.58. The van der Waals surface area contributed by atoms with Gasteiger partial charge in [0, 0.05) is 18.0 Å². The van der Waals surface area contributed by atoms with Crippen molar-refractivity contribution in [1.29, 1.82) is 0 Å². The summed E-state index contributed by atoms with van der Waals surface area (Å²) in [5.41, 5.74) is 1.94. The molecule has 2 heterocycles. The molecule has 3 aromatic rings. The fraction of sp³-hybridized carbons (Fsp3) is 0.125. The maximum absolute atomic E-state index is 11.9. The van der Waals surface area contributed by atoms with Gasteiger partial charge in [0.2, 0.25) is 5.13 Å². The molecule has 0 spiro atoms. The molecule has 0 aliphatic carbocycles. The number of hydrogen-bond acceptors (Lipinski definition) is 6. The van der Waals surface area contributed by atoms with Gasteiger partial charge in [-0.1, -0.05) is 23.5 Å². The standard InChI is InChI=1S/C16H14N4O2S/c1-11-4-2-6-13(8-11)22-10-14(21)18-16-20-19-15(23-16)12-5-3-7-17-9-12/h2-9H,10H2,1H3,(H,18,20,21). The lowest BCUT2D eigenvalue weighted by atomic mass is 10.2. The Hall–Kier alpha value is -2.80. The second-order valence-electron chi connectivity index (χ2n) is 4.81. The van der Waals surface area contributed by atoms with Crippen molar-refractivity contribution in [3.63, 3.8) is 0 Å². The molecule has 0 unspecified atom stereocenters. The van der Waals surface area contributed by atoms with Gasteiger partial charge in [0.05, 0.1) is 0 Å². The highest BCUT2D eigenvalue weighted by molar-refractivity contribution is 7.18. The van der Waals surface area contributed by atoms with E-state index in [0.29, 0.717) is 15.9 Å². The molecule has 0 aliphatic rings. The largest absolute Gasteiger partial charge is 0.484 e. The number of rotatable bonds is 5. The van der Waals surface area contributed by atoms with E-state index in [2.05, 4.69) is 20.5 Å². The van der Waals surface area contributed by atoms with Crippen molar-refractivity contribution in [2.75, 3.05) is 11.9 Å². The number of carbonyl (C=O) groups excluding carboxylic acids is 1. The van der Waals surface area contributed by atoms with E-state index in [0.717, 1.165) is 11.1 Å². The molecule has 1 amide bonds. The average molecular weight is 326 g/mol. The molecule has 116 valence electrons. The zero-order valence-electron chi connectivity index (χ0n) is 12.4. The van der Waals surface area contributed by atoms with Crippen LogP contribution in [-0.2, 0) is 4.79 Å². The molecule has 0 aliphatic heterocycles. The zero-order valence-corrected chi connectivity index (χ0v) is 13.2. The van der Waals surface area contributed by atoms with E-state index < -0.39 is 0 Å². The smallest absolute Gasteiger partial charge is 0.264 e. The van der Waals surface area contributed by atoms with Crippen LogP contribution in [0, 0.1) is 6.92 Å². The van der Waals surface area contributed by atoms with E-state index in [1.165, 1.54) is 11.3 Å². The topological polar surface area (TPSA) is 77.0 Å². The highest BCUT2D eigenvalue weighted by Crippen LogP contribution is 2.25. The van der Waals surface area contributed by atoms with E-state index in [4.69, 9.17) is 4.74 Å². The van der Waals surface area contributed by atoms with Crippen molar-refractivity contribution in [1.82, 2.24) is 15.2 Å². The number of nitrogens with one attached hydrogen (secondary N) is 1. The number of aryl methyl sites for hydroxylation is 1. The molecular formula is C16H14N4O2S. The summed E-state index contributed by atoms with van der Waals surface area (Å²) in [5.74, 6) is 0.383. The lowest BCUT2D eigenvalue weighted by Crippen LogP contribution is -2.20. The van der Waals surface area contributed by atoms with Crippen molar-refractivity contribution in [2.24, 2.45) is 0 Å². The van der Waals surface area contributed by atoms with Gasteiger partial charge < -0.3 is 4.74 Å². The van der Waals surface area contributed by atoms with Gasteiger partial charge in [0.1, 0.15) is 5.75 Å². The maximum atomic E-state index is 11.9. The number of ether oxygens (including phenoxy) is 1. The van der Waals surface area contributed by atoms with Gasteiger partial charge in [-0.3, -0.25) is 15.1 Å². The molecule has 0 saturated carbocycles. The number of hydrogen-bond donors (Lipinski definition) is 1. The minimum Gasteiger partial charge on any atom is -0.484 e. The third-order valence-corrected chi connectivity index (χ3v) is 3.83. The van der Waals surface area contributed by atoms with Crippen LogP contribution < -0.4 is 10.1 Å². The summed E-state index contributed by atoms with van der Waals surface area (Å²) >= 11 is 1.29. The Morgan fingerprint density at radius 3 is 2.96 bits per heavy atom. The van der Waals surface area contributed by atoms with Gasteiger partial charge in [0.25, 0.3) is 5.91 Å². The maximum Gasteiger partial charge on any atom is 0.264 e. The van der Waals surface area contributed by atoms with Gasteiger partial charge >= 0.3 is 0 Å². The summed E-state index contributed by atoms with van der Waals surface area (Å²) in [6.07, 6.45) is 3.39. The first-order chi connectivity index (χ1) is 11.2. The molecule has 1 aromatic carbocycles. The first kappa shape index (κ1) is 15.1. The fourth-order valence-electron chi connectivity index (χ4n) is 1.89. The normalized spacial score (nSPS) is 10.3. The van der Waals surface area contributed by atoms with E-state index in [9.17, 15) is 4.79 Å². The number of nitrogens with zero attached hydrogens (tertiary/aromatic N) is 3. The first-order valence-electron chi connectivity index (χ1n) is 6.94. The lowest BCUT2D eigenvalue weighted by molar-refractivity contribution is -0.118. The lowest BCUT2D eigenvalue weighted by Gasteiger charge is -2.05. The van der Waals surface area contributed by atoms with Crippen molar-refractivity contribution >= 4 is 22.4 Å². The van der Waals surface area contributed by atoms with E-state index >= 15 is 0 Å². The molecule has 0 bridgehead atoms. The number of amides is 1. The summed E-state index contributed by atoms with van der Waals surface area (Å²) in [6.45, 7) is 1.89. The van der Waals surface area contributed by atoms with Crippen molar-refractivity contribution in [2.45, 2.75) is 6.92 Å². The Morgan fingerprint density at radius 2 is 2.17 bits per heavy atom. The van der Waals surface area contributed by atoms with Crippen molar-refractivity contribution < 1.29 is 9.53 Å². The average Bonchev–Trinajstić information content (AvgIpc) is 3.02. The molecule has 0 radical (unpaired) electrons. The van der Waals surface area contributed by atoms with E-state index in [1.54, 1.807) is 12.4 Å². The highest BCUT2D eigenvalue weighted by atomic mass is 32.1. The van der Waals surface area contributed by atoms with Crippen LogP contribution in [-0.4, -0.2) is 27.7 Å². The summed E-state index contributed by atoms with van der Waals surface area (Å²) in [5, 5.41) is 11.8. The van der Waals surface area contributed by atoms with Crippen LogP contribution >= 0.6 is 11.3 Å². The molecule has 0 atom stereocenters. The molecule has 1 N–H and O–H groups in total. The number of benzene rings is 1. The second kappa shape index (κ2) is 6.97. The van der Waals surface area contributed by atoms with Crippen molar-refractivity contribution in [3.05, 3.63) is 54.4 Å². The SMILES string of the molecule is Cc1cccc(OCC(=O)Nc2nnc(-c3cccnc3)s2)c1. The summed E-state index contributed by atoms with van der Waals surface area (Å²) in [6, 6.07) is 11.2. The molecular weight excluding hydrogens is 312 g/mol. The molecule has 2 aromatic heterocycles. The van der Waals surface area contributed by atoms with Gasteiger partial charge in [0.15, 0.2) is 11.6 Å². The minimum atomic E-state index is -0.277. The number of carbonyl (C=O) groups is 1. The Labute approximate surface area is 137 Å². The van der Waals surface area contributed by atoms with Crippen LogP contribution in [0.3, 0.4) is 0 Å². The molecule has 23 heavy (non-hydrogen) atoms. The summed E-state index contributed by atoms with van der Waals surface area (Å²) in [7, 11) is 0. The summed E-state index contributed by atoms with van der Waals surface area (Å²) in [4.78, 5) is 15.9. The van der Waals surface area contributed by atoms with Crippen LogP contribution in [0.5, 0.6) is 5.75 Å². The molecule has 0 fully saturated rings. The number of aromatic nitrogens is 3. The van der Waals surface area contributed by atoms with Crippen LogP contribution in [0.1, 0.15) is 5.56 Å². The minimum absolute atomic E-state index is 0.0781. The predicted octanol–water partition coefficient (Wildman–Crippen LogP) is 2.93. The Balaban J connectivity index is 1.57. The van der Waals surface area contributed by atoms with Gasteiger partial charge in [-0.2, -0.15) is 0 Å². The third kappa shape index (κ3) is 4.10. The first-order valence-corrected chi connectivity index (χ1v) is 7.75. The van der Waals surface area contributed by atoms with Gasteiger partial charge in [-0.15, -0.1) is 10.2 Å². The molecule has 3 rings (SSSR count). The monoisotopic (exact) mass is 326 g/mol. The van der Waals surface area contributed by atoms with Crippen LogP contribution in [0.2, 0.25) is 0 Å². The highest BCUT2D eigenvalue weighted by Gasteiger charge is 2.10. The van der Waals surface area contributed by atoms with Gasteiger partial charge in [-0.25, -0.2) is 0 Å². The predicted molar refractivity (Wildman–Crippen MR) is 88.4 cm³/mol. The van der Waals surface area contributed by atoms with Gasteiger partial charge in [-0.05, 0) is 36.8 Å². The summed E-state index contributed by atoms with van der Waals surface area (Å²) < 4.78 is 5.45.